The molecule has 142 valence electrons. The van der Waals surface area contributed by atoms with Gasteiger partial charge in [0.1, 0.15) is 5.69 Å². The van der Waals surface area contributed by atoms with Gasteiger partial charge >= 0.3 is 0 Å². The van der Waals surface area contributed by atoms with E-state index in [1.807, 2.05) is 0 Å². The molecule has 2 aromatic heterocycles. The molecule has 5 nitrogen and oxygen atoms in total. The monoisotopic (exact) mass is 430 g/mol. The van der Waals surface area contributed by atoms with Crippen LogP contribution in [0.3, 0.4) is 0 Å². The highest BCUT2D eigenvalue weighted by Crippen LogP contribution is 2.31. The lowest BCUT2D eigenvalue weighted by Gasteiger charge is -2.10. The van der Waals surface area contributed by atoms with Crippen molar-refractivity contribution in [2.24, 2.45) is 7.05 Å². The summed E-state index contributed by atoms with van der Waals surface area (Å²) in [5.74, 6) is -0.558. The number of hydrogen-bond donors (Lipinski definition) is 1. The SMILES string of the molecule is Cn1nc(C(F)F)c(NC(=O)c2cscn2)c1CCc1ccc(Cl)cc1Cl. The van der Waals surface area contributed by atoms with E-state index in [9.17, 15) is 13.6 Å². The van der Waals surface area contributed by atoms with Gasteiger partial charge in [0.05, 0.1) is 16.9 Å². The molecular formula is C17H14Cl2F2N4OS. The molecule has 0 spiro atoms. The standard InChI is InChI=1S/C17H14Cl2F2N4OS/c1-25-13(5-3-9-2-4-10(18)6-11(9)19)14(15(24-25)16(20)21)23-17(26)12-7-27-8-22-12/h2,4,6-8,16H,3,5H2,1H3,(H,23,26). The van der Waals surface area contributed by atoms with E-state index in [1.165, 1.54) is 21.5 Å². The highest BCUT2D eigenvalue weighted by Gasteiger charge is 2.25. The van der Waals surface area contributed by atoms with Gasteiger partial charge in [-0.05, 0) is 30.5 Å². The molecule has 27 heavy (non-hydrogen) atoms. The Kier molecular flexibility index (Phi) is 6.08. The topological polar surface area (TPSA) is 59.8 Å². The largest absolute Gasteiger partial charge is 0.317 e. The Morgan fingerprint density at radius 1 is 1.33 bits per heavy atom. The summed E-state index contributed by atoms with van der Waals surface area (Å²) in [6, 6.07) is 5.11. The zero-order valence-electron chi connectivity index (χ0n) is 14.0. The molecular weight excluding hydrogens is 417 g/mol. The van der Waals surface area contributed by atoms with E-state index in [0.717, 1.165) is 5.56 Å². The highest BCUT2D eigenvalue weighted by atomic mass is 35.5. The van der Waals surface area contributed by atoms with E-state index < -0.39 is 18.0 Å². The van der Waals surface area contributed by atoms with Gasteiger partial charge in [-0.1, -0.05) is 29.3 Å². The van der Waals surface area contributed by atoms with Crippen LogP contribution >= 0.6 is 34.5 Å². The van der Waals surface area contributed by atoms with Crippen LogP contribution < -0.4 is 5.32 Å². The minimum absolute atomic E-state index is 0.00980. The van der Waals surface area contributed by atoms with Crippen molar-refractivity contribution in [1.82, 2.24) is 14.8 Å². The van der Waals surface area contributed by atoms with E-state index in [1.54, 1.807) is 30.6 Å². The summed E-state index contributed by atoms with van der Waals surface area (Å²) in [4.78, 5) is 16.2. The third-order valence-electron chi connectivity index (χ3n) is 3.95. The number of benzene rings is 1. The van der Waals surface area contributed by atoms with Crippen LogP contribution in [0.4, 0.5) is 14.5 Å². The van der Waals surface area contributed by atoms with Crippen molar-refractivity contribution in [3.63, 3.8) is 0 Å². The van der Waals surface area contributed by atoms with Crippen LogP contribution in [0, 0.1) is 0 Å². The van der Waals surface area contributed by atoms with Gasteiger partial charge in [-0.25, -0.2) is 13.8 Å². The molecule has 1 amide bonds. The molecule has 3 rings (SSSR count). The Labute approximate surface area is 167 Å². The Morgan fingerprint density at radius 2 is 2.11 bits per heavy atom. The molecule has 0 atom stereocenters. The van der Waals surface area contributed by atoms with E-state index in [4.69, 9.17) is 23.2 Å². The molecule has 1 N–H and O–H groups in total. The van der Waals surface area contributed by atoms with Gasteiger partial charge in [-0.3, -0.25) is 9.48 Å². The van der Waals surface area contributed by atoms with E-state index in [-0.39, 0.29) is 11.4 Å². The van der Waals surface area contributed by atoms with Crippen LogP contribution in [0.1, 0.15) is 33.9 Å². The average Bonchev–Trinajstić information content (AvgIpc) is 3.23. The van der Waals surface area contributed by atoms with Gasteiger partial charge in [0.15, 0.2) is 5.69 Å². The van der Waals surface area contributed by atoms with Gasteiger partial charge in [-0.2, -0.15) is 5.10 Å². The van der Waals surface area contributed by atoms with E-state index in [0.29, 0.717) is 28.6 Å². The molecule has 0 unspecified atom stereocenters. The van der Waals surface area contributed by atoms with Crippen molar-refractivity contribution in [3.8, 4) is 0 Å². The first-order chi connectivity index (χ1) is 12.9. The molecule has 3 aromatic rings. The minimum Gasteiger partial charge on any atom is -0.317 e. The predicted octanol–water partition coefficient (Wildman–Crippen LogP) is 5.16. The quantitative estimate of drug-likeness (QED) is 0.587. The summed E-state index contributed by atoms with van der Waals surface area (Å²) in [7, 11) is 1.56. The molecule has 2 heterocycles. The third kappa shape index (κ3) is 4.45. The van der Waals surface area contributed by atoms with Crippen LogP contribution in [0.25, 0.3) is 0 Å². The molecule has 0 radical (unpaired) electrons. The highest BCUT2D eigenvalue weighted by molar-refractivity contribution is 7.07. The first kappa shape index (κ1) is 19.7. The number of amides is 1. The number of anilines is 1. The number of hydrogen-bond acceptors (Lipinski definition) is 4. The fraction of sp³-hybridized carbons (Fsp3) is 0.235. The summed E-state index contributed by atoms with van der Waals surface area (Å²) in [5, 5.41) is 8.95. The van der Waals surface area contributed by atoms with Crippen LogP contribution in [-0.4, -0.2) is 20.7 Å². The van der Waals surface area contributed by atoms with Crippen molar-refractivity contribution in [1.29, 1.82) is 0 Å². The molecule has 0 aliphatic heterocycles. The number of halogens is 4. The fourth-order valence-corrected chi connectivity index (χ4v) is 3.67. The number of carbonyl (C=O) groups excluding carboxylic acids is 1. The number of alkyl halides is 2. The molecule has 0 bridgehead atoms. The first-order valence-electron chi connectivity index (χ1n) is 7.84. The zero-order chi connectivity index (χ0) is 19.6. The van der Waals surface area contributed by atoms with Crippen LogP contribution in [-0.2, 0) is 19.9 Å². The van der Waals surface area contributed by atoms with Crippen LogP contribution in [0.2, 0.25) is 10.0 Å². The van der Waals surface area contributed by atoms with Crippen molar-refractivity contribution >= 4 is 46.1 Å². The normalized spacial score (nSPS) is 11.2. The fourth-order valence-electron chi connectivity index (χ4n) is 2.64. The zero-order valence-corrected chi connectivity index (χ0v) is 16.4. The summed E-state index contributed by atoms with van der Waals surface area (Å²) < 4.78 is 28.2. The van der Waals surface area contributed by atoms with Crippen molar-refractivity contribution < 1.29 is 13.6 Å². The molecule has 0 saturated heterocycles. The smallest absolute Gasteiger partial charge is 0.284 e. The van der Waals surface area contributed by atoms with E-state index >= 15 is 0 Å². The maximum atomic E-state index is 13.4. The van der Waals surface area contributed by atoms with Crippen LogP contribution in [0.5, 0.6) is 0 Å². The molecule has 0 aliphatic rings. The molecule has 10 heteroatoms. The minimum atomic E-state index is -2.82. The summed E-state index contributed by atoms with van der Waals surface area (Å²) in [6.07, 6.45) is -2.00. The van der Waals surface area contributed by atoms with Crippen molar-refractivity contribution in [2.45, 2.75) is 19.3 Å². The second-order valence-corrected chi connectivity index (χ2v) is 7.26. The summed E-state index contributed by atoms with van der Waals surface area (Å²) in [5.41, 5.74) is 2.48. The molecule has 0 fully saturated rings. The van der Waals surface area contributed by atoms with Gasteiger partial charge in [0.25, 0.3) is 12.3 Å². The molecule has 0 saturated carbocycles. The Balaban J connectivity index is 1.88. The maximum absolute atomic E-state index is 13.4. The number of aromatic nitrogens is 3. The maximum Gasteiger partial charge on any atom is 0.284 e. The summed E-state index contributed by atoms with van der Waals surface area (Å²) in [6.45, 7) is 0. The number of aryl methyl sites for hydroxylation is 2. The van der Waals surface area contributed by atoms with Crippen molar-refractivity contribution in [3.05, 3.63) is 61.8 Å². The Hall–Kier alpha value is -2.03. The number of nitrogens with one attached hydrogen (secondary N) is 1. The van der Waals surface area contributed by atoms with Crippen molar-refractivity contribution in [2.75, 3.05) is 5.32 Å². The lowest BCUT2D eigenvalue weighted by Crippen LogP contribution is -2.15. The van der Waals surface area contributed by atoms with Crippen LogP contribution in [0.15, 0.2) is 29.1 Å². The Morgan fingerprint density at radius 3 is 2.74 bits per heavy atom. The molecule has 1 aromatic carbocycles. The lowest BCUT2D eigenvalue weighted by atomic mass is 10.1. The average molecular weight is 431 g/mol. The lowest BCUT2D eigenvalue weighted by molar-refractivity contribution is 0.102. The van der Waals surface area contributed by atoms with Gasteiger partial charge < -0.3 is 5.32 Å². The number of carbonyl (C=O) groups is 1. The summed E-state index contributed by atoms with van der Waals surface area (Å²) >= 11 is 13.3. The predicted molar refractivity (Wildman–Crippen MR) is 102 cm³/mol. The Bertz CT molecular complexity index is 960. The molecule has 0 aliphatic carbocycles. The van der Waals surface area contributed by atoms with Gasteiger partial charge in [-0.15, -0.1) is 11.3 Å². The number of rotatable bonds is 6. The second-order valence-electron chi connectivity index (χ2n) is 5.69. The third-order valence-corrected chi connectivity index (χ3v) is 5.12. The second kappa shape index (κ2) is 8.33. The van der Waals surface area contributed by atoms with Gasteiger partial charge in [0.2, 0.25) is 0 Å². The number of nitrogens with zero attached hydrogens (tertiary/aromatic N) is 3. The van der Waals surface area contributed by atoms with Gasteiger partial charge in [0, 0.05) is 22.5 Å². The number of thiazole rings is 1. The first-order valence-corrected chi connectivity index (χ1v) is 9.54. The van der Waals surface area contributed by atoms with E-state index in [2.05, 4.69) is 15.4 Å².